The number of hydrogen-bond acceptors (Lipinski definition) is 6. The number of pyridine rings is 1. The number of halogens is 3. The lowest BCUT2D eigenvalue weighted by molar-refractivity contribution is -0.220. The van der Waals surface area contributed by atoms with Crippen molar-refractivity contribution in [3.63, 3.8) is 0 Å². The highest BCUT2D eigenvalue weighted by Crippen LogP contribution is 2.32. The summed E-state index contributed by atoms with van der Waals surface area (Å²) in [6.07, 6.45) is 5.17. The van der Waals surface area contributed by atoms with Gasteiger partial charge in [0.2, 0.25) is 5.79 Å². The minimum absolute atomic E-state index is 0.502. The number of aromatic nitrogens is 1. The molecule has 27 heavy (non-hydrogen) atoms. The first-order chi connectivity index (χ1) is 12.4. The molecule has 1 aromatic heterocycles. The van der Waals surface area contributed by atoms with Crippen molar-refractivity contribution in [1.82, 2.24) is 9.88 Å². The first kappa shape index (κ1) is 23.8. The Morgan fingerprint density at radius 3 is 2.15 bits per heavy atom. The first-order valence-electron chi connectivity index (χ1n) is 8.22. The third-order valence-electron chi connectivity index (χ3n) is 4.50. The van der Waals surface area contributed by atoms with Gasteiger partial charge in [-0.05, 0) is 38.1 Å². The molecule has 2 rings (SSSR count). The van der Waals surface area contributed by atoms with Crippen LogP contribution >= 0.6 is 0 Å². The minimum atomic E-state index is -5.84. The lowest BCUT2D eigenvalue weighted by Crippen LogP contribution is -2.31. The number of rotatable bonds is 5. The number of alkyl halides is 3. The highest BCUT2D eigenvalue weighted by atomic mass is 32.2. The molecule has 0 amide bonds. The molecule has 0 aromatic carbocycles. The van der Waals surface area contributed by atoms with E-state index in [0.717, 1.165) is 12.1 Å². The van der Waals surface area contributed by atoms with E-state index in [1.54, 1.807) is 14.2 Å². The van der Waals surface area contributed by atoms with Gasteiger partial charge in [-0.25, -0.2) is 0 Å². The molecule has 156 valence electrons. The Morgan fingerprint density at radius 2 is 1.85 bits per heavy atom. The predicted molar refractivity (Wildman–Crippen MR) is 92.4 cm³/mol. The van der Waals surface area contributed by atoms with Crippen LogP contribution in [0.4, 0.5) is 13.2 Å². The number of methoxy groups -OCH3 is 2. The minimum Gasteiger partial charge on any atom is -0.348 e. The van der Waals surface area contributed by atoms with Crippen molar-refractivity contribution in [2.75, 3.05) is 27.8 Å². The van der Waals surface area contributed by atoms with Crippen LogP contribution in [0.3, 0.4) is 0 Å². The molecule has 0 saturated carbocycles. The van der Waals surface area contributed by atoms with Crippen LogP contribution in [0.25, 0.3) is 0 Å². The fraction of sp³-hybridized carbons (Fsp3) is 0.688. The largest absolute Gasteiger partial charge is 0.522 e. The Labute approximate surface area is 157 Å². The SMILES string of the molecule is CCC(OC)(OC)c1ccc(C2CCCN2C)cn1.O=S(=O)(O)C(F)(F)F. The van der Waals surface area contributed by atoms with E-state index in [9.17, 15) is 13.2 Å². The summed E-state index contributed by atoms with van der Waals surface area (Å²) in [5.41, 5.74) is -3.42. The van der Waals surface area contributed by atoms with Gasteiger partial charge in [-0.2, -0.15) is 21.6 Å². The Balaban J connectivity index is 0.000000387. The van der Waals surface area contributed by atoms with Crippen molar-refractivity contribution >= 4 is 10.1 Å². The zero-order chi connectivity index (χ0) is 20.9. The van der Waals surface area contributed by atoms with Crippen LogP contribution in [0.5, 0.6) is 0 Å². The summed E-state index contributed by atoms with van der Waals surface area (Å²) < 4.78 is 68.6. The van der Waals surface area contributed by atoms with Crippen molar-refractivity contribution in [1.29, 1.82) is 0 Å². The first-order valence-corrected chi connectivity index (χ1v) is 9.66. The molecule has 0 aliphatic carbocycles. The van der Waals surface area contributed by atoms with Gasteiger partial charge in [-0.3, -0.25) is 14.4 Å². The van der Waals surface area contributed by atoms with Crippen molar-refractivity contribution in [2.24, 2.45) is 0 Å². The lowest BCUT2D eigenvalue weighted by Gasteiger charge is -2.29. The van der Waals surface area contributed by atoms with Gasteiger partial charge in [0.1, 0.15) is 0 Å². The Morgan fingerprint density at radius 1 is 1.30 bits per heavy atom. The molecule has 1 aliphatic rings. The zero-order valence-electron chi connectivity index (χ0n) is 15.7. The molecule has 1 aliphatic heterocycles. The molecule has 0 radical (unpaired) electrons. The second-order valence-electron chi connectivity index (χ2n) is 6.05. The average molecular weight is 414 g/mol. The van der Waals surface area contributed by atoms with E-state index >= 15 is 0 Å². The van der Waals surface area contributed by atoms with E-state index in [1.165, 1.54) is 24.9 Å². The molecule has 11 heteroatoms. The topological polar surface area (TPSA) is 89.0 Å². The van der Waals surface area contributed by atoms with Gasteiger partial charge in [0, 0.05) is 32.9 Å². The molecule has 1 fully saturated rings. The standard InChI is InChI=1S/C15H24N2O2.CHF3O3S/c1-5-15(18-3,19-4)14-9-8-12(11-16-14)13-7-6-10-17(13)2;2-1(3,4)8(5,6)7/h8-9,11,13H,5-7,10H2,1-4H3;(H,5,6,7). The van der Waals surface area contributed by atoms with Crippen LogP contribution in [0.2, 0.25) is 0 Å². The van der Waals surface area contributed by atoms with Crippen LogP contribution in [0.1, 0.15) is 43.5 Å². The maximum absolute atomic E-state index is 10.7. The number of ether oxygens (including phenoxy) is 2. The second kappa shape index (κ2) is 9.28. The number of hydrogen-bond donors (Lipinski definition) is 1. The normalized spacial score (nSPS) is 18.9. The summed E-state index contributed by atoms with van der Waals surface area (Å²) >= 11 is 0. The van der Waals surface area contributed by atoms with E-state index in [-0.39, 0.29) is 0 Å². The third kappa shape index (κ3) is 5.85. The van der Waals surface area contributed by atoms with Crippen molar-refractivity contribution < 1.29 is 35.6 Å². The molecule has 0 bridgehead atoms. The summed E-state index contributed by atoms with van der Waals surface area (Å²) in [7, 11) is -0.347. The summed E-state index contributed by atoms with van der Waals surface area (Å²) in [6.45, 7) is 3.20. The van der Waals surface area contributed by atoms with Crippen molar-refractivity contribution in [3.05, 3.63) is 29.6 Å². The molecule has 0 spiro atoms. The third-order valence-corrected chi connectivity index (χ3v) is 5.08. The van der Waals surface area contributed by atoms with E-state index in [4.69, 9.17) is 22.4 Å². The average Bonchev–Trinajstić information content (AvgIpc) is 3.02. The molecule has 1 aromatic rings. The Hall–Kier alpha value is -1.27. The smallest absolute Gasteiger partial charge is 0.348 e. The van der Waals surface area contributed by atoms with Gasteiger partial charge < -0.3 is 9.47 Å². The summed E-state index contributed by atoms with van der Waals surface area (Å²) in [5, 5.41) is 0. The fourth-order valence-corrected chi connectivity index (χ4v) is 2.92. The number of likely N-dealkylation sites (tertiary alicyclic amines) is 1. The highest BCUT2D eigenvalue weighted by molar-refractivity contribution is 7.86. The molecule has 1 atom stereocenters. The molecule has 1 saturated heterocycles. The lowest BCUT2D eigenvalue weighted by atomic mass is 10.0. The molecule has 1 N–H and O–H groups in total. The van der Waals surface area contributed by atoms with E-state index in [2.05, 4.69) is 23.0 Å². The summed E-state index contributed by atoms with van der Waals surface area (Å²) in [6, 6.07) is 4.68. The van der Waals surface area contributed by atoms with Crippen LogP contribution < -0.4 is 0 Å². The predicted octanol–water partition coefficient (Wildman–Crippen LogP) is 3.10. The van der Waals surface area contributed by atoms with E-state index < -0.39 is 21.4 Å². The number of nitrogens with zero attached hydrogens (tertiary/aromatic N) is 2. The van der Waals surface area contributed by atoms with E-state index in [1.807, 2.05) is 19.2 Å². The van der Waals surface area contributed by atoms with Gasteiger partial charge in [-0.1, -0.05) is 13.0 Å². The molecular formula is C16H25F3N2O5S. The second-order valence-corrected chi connectivity index (χ2v) is 7.46. The van der Waals surface area contributed by atoms with Crippen molar-refractivity contribution in [2.45, 2.75) is 43.5 Å². The van der Waals surface area contributed by atoms with Gasteiger partial charge in [-0.15, -0.1) is 0 Å². The van der Waals surface area contributed by atoms with E-state index in [0.29, 0.717) is 6.04 Å². The maximum Gasteiger partial charge on any atom is 0.522 e. The Kier molecular flexibility index (Phi) is 8.17. The van der Waals surface area contributed by atoms with Gasteiger partial charge >= 0.3 is 15.6 Å². The molecular weight excluding hydrogens is 389 g/mol. The van der Waals surface area contributed by atoms with Gasteiger partial charge in [0.25, 0.3) is 0 Å². The molecule has 2 heterocycles. The van der Waals surface area contributed by atoms with Gasteiger partial charge in [0.05, 0.1) is 5.69 Å². The van der Waals surface area contributed by atoms with Crippen LogP contribution in [-0.2, 0) is 25.4 Å². The fourth-order valence-electron chi connectivity index (χ4n) is 2.92. The van der Waals surface area contributed by atoms with Crippen LogP contribution in [0.15, 0.2) is 18.3 Å². The maximum atomic E-state index is 10.7. The zero-order valence-corrected chi connectivity index (χ0v) is 16.5. The van der Waals surface area contributed by atoms with Gasteiger partial charge in [0.15, 0.2) is 0 Å². The summed E-state index contributed by atoms with van der Waals surface area (Å²) in [5.74, 6) is -0.722. The molecule has 1 unspecified atom stereocenters. The van der Waals surface area contributed by atoms with Crippen LogP contribution in [0, 0.1) is 0 Å². The summed E-state index contributed by atoms with van der Waals surface area (Å²) in [4.78, 5) is 6.95. The highest BCUT2D eigenvalue weighted by Gasteiger charge is 2.44. The monoisotopic (exact) mass is 414 g/mol. The quantitative estimate of drug-likeness (QED) is 0.450. The molecule has 7 nitrogen and oxygen atoms in total. The van der Waals surface area contributed by atoms with Crippen LogP contribution in [-0.4, -0.2) is 56.2 Å². The van der Waals surface area contributed by atoms with Crippen molar-refractivity contribution in [3.8, 4) is 0 Å². The Bertz CT molecular complexity index is 683.